The molecule has 6 nitrogen and oxygen atoms in total. The Labute approximate surface area is 175 Å². The molecule has 4 bridgehead atoms. The van der Waals surface area contributed by atoms with E-state index in [1.54, 1.807) is 24.3 Å². The highest BCUT2D eigenvalue weighted by molar-refractivity contribution is 6.33. The summed E-state index contributed by atoms with van der Waals surface area (Å²) in [5.41, 5.74) is 0.594. The van der Waals surface area contributed by atoms with E-state index in [0.717, 1.165) is 37.0 Å². The summed E-state index contributed by atoms with van der Waals surface area (Å²) in [6.45, 7) is -0.639. The average Bonchev–Trinajstić information content (AvgIpc) is 2.65. The van der Waals surface area contributed by atoms with Gasteiger partial charge in [0.2, 0.25) is 5.91 Å². The maximum Gasteiger partial charge on any atom is 0.325 e. The SMILES string of the molecule is O=C(CC12CC3CC(CC(C3)C1)C2)NCC(=O)OCC(=O)Nc1ccccc1Cl. The molecule has 7 heteroatoms. The zero-order valence-electron chi connectivity index (χ0n) is 16.4. The molecule has 4 saturated carbocycles. The van der Waals surface area contributed by atoms with E-state index in [-0.39, 0.29) is 17.9 Å². The third-order valence-corrected chi connectivity index (χ3v) is 6.97. The van der Waals surface area contributed by atoms with Gasteiger partial charge in [-0.2, -0.15) is 0 Å². The first kappa shape index (κ1) is 20.2. The summed E-state index contributed by atoms with van der Waals surface area (Å²) in [6, 6.07) is 6.81. The van der Waals surface area contributed by atoms with Gasteiger partial charge >= 0.3 is 5.97 Å². The first-order valence-electron chi connectivity index (χ1n) is 10.4. The average molecular weight is 419 g/mol. The van der Waals surface area contributed by atoms with Crippen molar-refractivity contribution >= 4 is 35.1 Å². The van der Waals surface area contributed by atoms with Crippen LogP contribution in [0.5, 0.6) is 0 Å². The number of hydrogen-bond acceptors (Lipinski definition) is 4. The molecule has 4 fully saturated rings. The third kappa shape index (κ3) is 4.92. The summed E-state index contributed by atoms with van der Waals surface area (Å²) in [5, 5.41) is 5.66. The molecule has 4 aliphatic rings. The molecule has 0 aromatic heterocycles. The highest BCUT2D eigenvalue weighted by Gasteiger charge is 2.51. The number of carbonyl (C=O) groups excluding carboxylic acids is 3. The molecule has 0 heterocycles. The van der Waals surface area contributed by atoms with Gasteiger partial charge in [-0.25, -0.2) is 0 Å². The maximum atomic E-state index is 12.4. The molecule has 1 aromatic rings. The molecule has 2 amide bonds. The van der Waals surface area contributed by atoms with Gasteiger partial charge in [0, 0.05) is 6.42 Å². The van der Waals surface area contributed by atoms with Crippen molar-refractivity contribution in [1.29, 1.82) is 0 Å². The molecule has 5 rings (SSSR count). The standard InChI is InChI=1S/C22H27ClN2O4/c23-17-3-1-2-4-18(17)25-20(27)13-29-21(28)12-24-19(26)11-22-8-14-5-15(9-22)7-16(6-14)10-22/h1-4,14-16H,5-13H2,(H,24,26)(H,25,27). The number of rotatable bonds is 7. The smallest absolute Gasteiger partial charge is 0.325 e. The fourth-order valence-electron chi connectivity index (χ4n) is 6.03. The summed E-state index contributed by atoms with van der Waals surface area (Å²) >= 11 is 5.97. The lowest BCUT2D eigenvalue weighted by atomic mass is 9.49. The zero-order chi connectivity index (χ0) is 20.4. The van der Waals surface area contributed by atoms with Gasteiger partial charge in [0.25, 0.3) is 5.91 Å². The fraction of sp³-hybridized carbons (Fsp3) is 0.591. The van der Waals surface area contributed by atoms with Gasteiger partial charge in [-0.15, -0.1) is 0 Å². The van der Waals surface area contributed by atoms with E-state index in [4.69, 9.17) is 16.3 Å². The molecule has 1 aromatic carbocycles. The third-order valence-electron chi connectivity index (χ3n) is 6.64. The zero-order valence-corrected chi connectivity index (χ0v) is 17.2. The molecular formula is C22H27ClN2O4. The second kappa shape index (κ2) is 8.34. The first-order valence-corrected chi connectivity index (χ1v) is 10.8. The topological polar surface area (TPSA) is 84.5 Å². The van der Waals surface area contributed by atoms with Crippen LogP contribution in [0.3, 0.4) is 0 Å². The van der Waals surface area contributed by atoms with Crippen LogP contribution in [0.25, 0.3) is 0 Å². The normalized spacial score (nSPS) is 29.3. The largest absolute Gasteiger partial charge is 0.454 e. The van der Waals surface area contributed by atoms with Gasteiger partial charge < -0.3 is 15.4 Å². The van der Waals surface area contributed by atoms with Crippen LogP contribution in [0, 0.1) is 23.2 Å². The summed E-state index contributed by atoms with van der Waals surface area (Å²) < 4.78 is 4.95. The van der Waals surface area contributed by atoms with Crippen LogP contribution in [0.15, 0.2) is 24.3 Å². The number of amides is 2. The van der Waals surface area contributed by atoms with Crippen LogP contribution in [0.4, 0.5) is 5.69 Å². The summed E-state index contributed by atoms with van der Waals surface area (Å²) in [4.78, 5) is 36.2. The molecule has 0 atom stereocenters. The van der Waals surface area contributed by atoms with Crippen molar-refractivity contribution in [2.24, 2.45) is 23.2 Å². The molecular weight excluding hydrogens is 392 g/mol. The van der Waals surface area contributed by atoms with Gasteiger partial charge in [-0.3, -0.25) is 14.4 Å². The molecule has 0 saturated heterocycles. The van der Waals surface area contributed by atoms with Crippen molar-refractivity contribution in [1.82, 2.24) is 5.32 Å². The summed E-state index contributed by atoms with van der Waals surface area (Å²) in [7, 11) is 0. The van der Waals surface area contributed by atoms with E-state index in [1.807, 2.05) is 0 Å². The lowest BCUT2D eigenvalue weighted by molar-refractivity contribution is -0.147. The van der Waals surface area contributed by atoms with Crippen LogP contribution in [-0.4, -0.2) is 30.9 Å². The minimum Gasteiger partial charge on any atom is -0.454 e. The number of carbonyl (C=O) groups is 3. The number of nitrogens with one attached hydrogen (secondary N) is 2. The molecule has 4 aliphatic carbocycles. The quantitative estimate of drug-likeness (QED) is 0.663. The minimum absolute atomic E-state index is 0.0931. The Morgan fingerprint density at radius 3 is 2.24 bits per heavy atom. The van der Waals surface area contributed by atoms with Crippen molar-refractivity contribution in [3.63, 3.8) is 0 Å². The summed E-state index contributed by atoms with van der Waals surface area (Å²) in [5.74, 6) is 1.16. The number of halogens is 1. The second-order valence-corrected chi connectivity index (χ2v) is 9.47. The van der Waals surface area contributed by atoms with Crippen LogP contribution in [0.1, 0.15) is 44.9 Å². The summed E-state index contributed by atoms with van der Waals surface area (Å²) in [6.07, 6.45) is 7.96. The monoisotopic (exact) mass is 418 g/mol. The van der Waals surface area contributed by atoms with E-state index in [1.165, 1.54) is 19.3 Å². The predicted molar refractivity (Wildman–Crippen MR) is 109 cm³/mol. The number of esters is 1. The van der Waals surface area contributed by atoms with Gasteiger partial charge in [0.1, 0.15) is 6.54 Å². The molecule has 156 valence electrons. The van der Waals surface area contributed by atoms with Gasteiger partial charge in [-0.05, 0) is 73.8 Å². The van der Waals surface area contributed by atoms with Gasteiger partial charge in [-0.1, -0.05) is 23.7 Å². The Bertz CT molecular complexity index is 774. The van der Waals surface area contributed by atoms with Gasteiger partial charge in [0.05, 0.1) is 10.7 Å². The highest BCUT2D eigenvalue weighted by atomic mass is 35.5. The van der Waals surface area contributed by atoms with Crippen LogP contribution < -0.4 is 10.6 Å². The molecule has 2 N–H and O–H groups in total. The van der Waals surface area contributed by atoms with E-state index < -0.39 is 18.5 Å². The van der Waals surface area contributed by atoms with Crippen molar-refractivity contribution in [3.05, 3.63) is 29.3 Å². The fourth-order valence-corrected chi connectivity index (χ4v) is 6.21. The molecule has 0 spiro atoms. The Balaban J connectivity index is 1.17. The number of anilines is 1. The van der Waals surface area contributed by atoms with Crippen molar-refractivity contribution in [2.75, 3.05) is 18.5 Å². The lowest BCUT2D eigenvalue weighted by Gasteiger charge is -2.56. The van der Waals surface area contributed by atoms with Crippen LogP contribution in [0.2, 0.25) is 5.02 Å². The molecule has 0 radical (unpaired) electrons. The van der Waals surface area contributed by atoms with Crippen molar-refractivity contribution in [2.45, 2.75) is 44.9 Å². The van der Waals surface area contributed by atoms with Crippen LogP contribution >= 0.6 is 11.6 Å². The number of hydrogen-bond donors (Lipinski definition) is 2. The number of para-hydroxylation sites is 1. The predicted octanol–water partition coefficient (Wildman–Crippen LogP) is 3.54. The van der Waals surface area contributed by atoms with E-state index in [0.29, 0.717) is 17.1 Å². The van der Waals surface area contributed by atoms with E-state index >= 15 is 0 Å². The van der Waals surface area contributed by atoms with Crippen molar-refractivity contribution in [3.8, 4) is 0 Å². The Morgan fingerprint density at radius 2 is 1.62 bits per heavy atom. The minimum atomic E-state index is -0.627. The Morgan fingerprint density at radius 1 is 1.00 bits per heavy atom. The maximum absolute atomic E-state index is 12.4. The lowest BCUT2D eigenvalue weighted by Crippen LogP contribution is -2.48. The van der Waals surface area contributed by atoms with E-state index in [9.17, 15) is 14.4 Å². The molecule has 0 aliphatic heterocycles. The molecule has 0 unspecified atom stereocenters. The van der Waals surface area contributed by atoms with Gasteiger partial charge in [0.15, 0.2) is 6.61 Å². The first-order chi connectivity index (χ1) is 13.9. The molecule has 29 heavy (non-hydrogen) atoms. The van der Waals surface area contributed by atoms with Crippen LogP contribution in [-0.2, 0) is 19.1 Å². The van der Waals surface area contributed by atoms with E-state index in [2.05, 4.69) is 10.6 Å². The second-order valence-electron chi connectivity index (χ2n) is 9.06. The highest BCUT2D eigenvalue weighted by Crippen LogP contribution is 2.61. The number of benzene rings is 1. The number of ether oxygens (including phenoxy) is 1. The Kier molecular flexibility index (Phi) is 5.81. The van der Waals surface area contributed by atoms with Crippen molar-refractivity contribution < 1.29 is 19.1 Å². The Hall–Kier alpha value is -2.08.